The van der Waals surface area contributed by atoms with Crippen LogP contribution in [0.1, 0.15) is 52.7 Å². The lowest BCUT2D eigenvalue weighted by atomic mass is 9.97. The predicted octanol–water partition coefficient (Wildman–Crippen LogP) is 4.06. The zero-order valence-electron chi connectivity index (χ0n) is 18.9. The number of nitrogens with zero attached hydrogens (tertiary/aromatic N) is 1. The number of hydrogen-bond acceptors (Lipinski definition) is 7. The molecule has 2 aliphatic heterocycles. The Bertz CT molecular complexity index is 1010. The van der Waals surface area contributed by atoms with Crippen LogP contribution < -0.4 is 4.74 Å². The normalized spacial score (nSPS) is 22.5. The molecule has 2 heterocycles. The molecule has 2 aliphatic rings. The van der Waals surface area contributed by atoms with E-state index in [0.717, 1.165) is 17.1 Å². The van der Waals surface area contributed by atoms with Gasteiger partial charge >= 0.3 is 0 Å². The molecule has 1 N–H and O–H groups in total. The van der Waals surface area contributed by atoms with Crippen molar-refractivity contribution in [3.8, 4) is 11.5 Å². The van der Waals surface area contributed by atoms with Crippen molar-refractivity contribution in [1.82, 2.24) is 4.90 Å². The van der Waals surface area contributed by atoms with E-state index in [1.807, 2.05) is 43.0 Å². The number of carbonyl (C=O) groups is 2. The molecular weight excluding hydrogens is 442 g/mol. The minimum absolute atomic E-state index is 0.0566. The monoisotopic (exact) mass is 471 g/mol. The van der Waals surface area contributed by atoms with Gasteiger partial charge in [-0.2, -0.15) is 11.8 Å². The highest BCUT2D eigenvalue weighted by atomic mass is 32.2. The number of rotatable bonds is 6. The van der Waals surface area contributed by atoms with E-state index in [4.69, 9.17) is 14.2 Å². The van der Waals surface area contributed by atoms with Gasteiger partial charge in [-0.15, -0.1) is 0 Å². The van der Waals surface area contributed by atoms with Crippen molar-refractivity contribution in [3.05, 3.63) is 59.2 Å². The third-order valence-corrected chi connectivity index (χ3v) is 6.97. The van der Waals surface area contributed by atoms with Crippen LogP contribution in [0.15, 0.2) is 42.5 Å². The second-order valence-electron chi connectivity index (χ2n) is 8.58. The highest BCUT2D eigenvalue weighted by Crippen LogP contribution is 2.35. The van der Waals surface area contributed by atoms with E-state index in [0.29, 0.717) is 37.2 Å². The molecule has 8 heteroatoms. The van der Waals surface area contributed by atoms with Crippen molar-refractivity contribution in [2.24, 2.45) is 0 Å². The summed E-state index contributed by atoms with van der Waals surface area (Å²) in [7, 11) is 0. The van der Waals surface area contributed by atoms with E-state index < -0.39 is 5.79 Å². The largest absolute Gasteiger partial charge is 0.507 e. The van der Waals surface area contributed by atoms with Crippen LogP contribution in [-0.4, -0.2) is 65.3 Å². The van der Waals surface area contributed by atoms with E-state index in [-0.39, 0.29) is 36.0 Å². The highest BCUT2D eigenvalue weighted by Gasteiger charge is 2.35. The first-order valence-electron chi connectivity index (χ1n) is 11.1. The maximum atomic E-state index is 13.7. The number of ether oxygens (including phenoxy) is 3. The maximum absolute atomic E-state index is 13.7. The number of aldehydes is 1. The van der Waals surface area contributed by atoms with Gasteiger partial charge in [-0.05, 0) is 37.6 Å². The van der Waals surface area contributed by atoms with Crippen LogP contribution in [0.25, 0.3) is 0 Å². The minimum Gasteiger partial charge on any atom is -0.507 e. The zero-order valence-corrected chi connectivity index (χ0v) is 19.7. The molecule has 33 heavy (non-hydrogen) atoms. The summed E-state index contributed by atoms with van der Waals surface area (Å²) >= 11 is 1.77. The van der Waals surface area contributed by atoms with Gasteiger partial charge < -0.3 is 24.2 Å². The third-order valence-electron chi connectivity index (χ3n) is 5.87. The fourth-order valence-corrected chi connectivity index (χ4v) is 5.26. The van der Waals surface area contributed by atoms with Crippen LogP contribution in [-0.2, 0) is 9.47 Å². The molecule has 0 saturated carbocycles. The molecule has 1 amide bonds. The van der Waals surface area contributed by atoms with Crippen LogP contribution in [0.5, 0.6) is 11.5 Å². The fraction of sp³-hybridized carbons (Fsp3) is 0.440. The number of thioether (sulfide) groups is 1. The van der Waals surface area contributed by atoms with Gasteiger partial charge in [-0.1, -0.05) is 24.3 Å². The van der Waals surface area contributed by atoms with Crippen molar-refractivity contribution in [2.45, 2.75) is 38.2 Å². The van der Waals surface area contributed by atoms with Crippen LogP contribution in [0.3, 0.4) is 0 Å². The SMILES string of the molecule is CC1(C)OCCC(c2ccccc2C(=O)N2CCSC[C@H]2COc2cccc(O)c2C=O)O1. The van der Waals surface area contributed by atoms with Gasteiger partial charge in [0.1, 0.15) is 18.1 Å². The van der Waals surface area contributed by atoms with E-state index in [2.05, 4.69) is 0 Å². The number of phenols is 1. The lowest BCUT2D eigenvalue weighted by Crippen LogP contribution is -2.49. The third kappa shape index (κ3) is 5.34. The Morgan fingerprint density at radius 2 is 2.09 bits per heavy atom. The highest BCUT2D eigenvalue weighted by molar-refractivity contribution is 7.99. The van der Waals surface area contributed by atoms with E-state index in [1.165, 1.54) is 6.07 Å². The Hall–Kier alpha value is -2.55. The molecule has 4 rings (SSSR count). The summed E-state index contributed by atoms with van der Waals surface area (Å²) in [6.45, 7) is 5.17. The lowest BCUT2D eigenvalue weighted by molar-refractivity contribution is -0.275. The Kier molecular flexibility index (Phi) is 7.26. The molecule has 0 radical (unpaired) electrons. The number of aromatic hydroxyl groups is 1. The molecule has 2 saturated heterocycles. The van der Waals surface area contributed by atoms with Crippen LogP contribution in [0, 0.1) is 0 Å². The van der Waals surface area contributed by atoms with Gasteiger partial charge in [-0.25, -0.2) is 0 Å². The maximum Gasteiger partial charge on any atom is 0.254 e. The van der Waals surface area contributed by atoms with Crippen molar-refractivity contribution < 1.29 is 28.9 Å². The van der Waals surface area contributed by atoms with Gasteiger partial charge in [0, 0.05) is 30.0 Å². The van der Waals surface area contributed by atoms with Gasteiger partial charge in [0.25, 0.3) is 5.91 Å². The summed E-state index contributed by atoms with van der Waals surface area (Å²) < 4.78 is 17.7. The summed E-state index contributed by atoms with van der Waals surface area (Å²) in [6.07, 6.45) is 1.04. The van der Waals surface area contributed by atoms with Gasteiger partial charge in [0.2, 0.25) is 0 Å². The van der Waals surface area contributed by atoms with Crippen molar-refractivity contribution >= 4 is 24.0 Å². The smallest absolute Gasteiger partial charge is 0.254 e. The first-order chi connectivity index (χ1) is 15.9. The number of amides is 1. The molecular formula is C25H29NO6S. The van der Waals surface area contributed by atoms with Crippen molar-refractivity contribution in [3.63, 3.8) is 0 Å². The molecule has 2 fully saturated rings. The molecule has 176 valence electrons. The summed E-state index contributed by atoms with van der Waals surface area (Å²) in [6, 6.07) is 12.1. The lowest BCUT2D eigenvalue weighted by Gasteiger charge is -2.38. The molecule has 0 bridgehead atoms. The summed E-state index contributed by atoms with van der Waals surface area (Å²) in [5.74, 6) is 1.00. The molecule has 2 aromatic rings. The number of carbonyl (C=O) groups excluding carboxylic acids is 2. The predicted molar refractivity (Wildman–Crippen MR) is 126 cm³/mol. The molecule has 2 aromatic carbocycles. The molecule has 2 atom stereocenters. The van der Waals surface area contributed by atoms with Crippen molar-refractivity contribution in [1.29, 1.82) is 0 Å². The minimum atomic E-state index is -0.700. The van der Waals surface area contributed by atoms with E-state index >= 15 is 0 Å². The first kappa shape index (κ1) is 23.6. The molecule has 7 nitrogen and oxygen atoms in total. The van der Waals surface area contributed by atoms with E-state index in [9.17, 15) is 14.7 Å². The molecule has 0 aliphatic carbocycles. The zero-order chi connectivity index (χ0) is 23.4. The Balaban J connectivity index is 1.54. The van der Waals surface area contributed by atoms with Crippen LogP contribution in [0.4, 0.5) is 0 Å². The van der Waals surface area contributed by atoms with E-state index in [1.54, 1.807) is 23.9 Å². The van der Waals surface area contributed by atoms with Gasteiger partial charge in [0.05, 0.1) is 24.3 Å². The average Bonchev–Trinajstić information content (AvgIpc) is 2.82. The van der Waals surface area contributed by atoms with Crippen molar-refractivity contribution in [2.75, 3.05) is 31.3 Å². The first-order valence-corrected chi connectivity index (χ1v) is 12.2. The fourth-order valence-electron chi connectivity index (χ4n) is 4.22. The Morgan fingerprint density at radius 1 is 1.27 bits per heavy atom. The van der Waals surface area contributed by atoms with Crippen LogP contribution >= 0.6 is 11.8 Å². The van der Waals surface area contributed by atoms with Crippen LogP contribution in [0.2, 0.25) is 0 Å². The Labute approximate surface area is 198 Å². The molecule has 0 spiro atoms. The standard InChI is InChI=1S/C25H29NO6S/c1-25(2)31-12-10-23(32-25)18-6-3-4-7-19(18)24(29)26-11-13-33-16-17(26)15-30-22-9-5-8-21(28)20(22)14-27/h3-9,14,17,23,28H,10-13,15-16H2,1-2H3/t17-,23?/m1/s1. The number of benzene rings is 2. The number of hydrogen-bond donors (Lipinski definition) is 1. The Morgan fingerprint density at radius 3 is 2.88 bits per heavy atom. The number of phenolic OH excluding ortho intramolecular Hbond substituents is 1. The summed E-state index contributed by atoms with van der Waals surface area (Å²) in [5.41, 5.74) is 1.61. The van der Waals surface area contributed by atoms with Gasteiger partial charge in [-0.3, -0.25) is 9.59 Å². The second kappa shape index (κ2) is 10.2. The summed E-state index contributed by atoms with van der Waals surface area (Å²) in [5, 5.41) is 9.91. The summed E-state index contributed by atoms with van der Waals surface area (Å²) in [4.78, 5) is 26.9. The molecule has 1 unspecified atom stereocenters. The average molecular weight is 472 g/mol. The second-order valence-corrected chi connectivity index (χ2v) is 9.73. The van der Waals surface area contributed by atoms with Gasteiger partial charge in [0.15, 0.2) is 12.1 Å². The molecule has 0 aromatic heterocycles. The quantitative estimate of drug-likeness (QED) is 0.636. The topological polar surface area (TPSA) is 85.3 Å².